The number of hydrogen-bond acceptors (Lipinski definition) is 4. The van der Waals surface area contributed by atoms with Gasteiger partial charge in [-0.15, -0.1) is 0 Å². The molecule has 2 atom stereocenters. The monoisotopic (exact) mass is 324 g/mol. The van der Waals surface area contributed by atoms with Gasteiger partial charge in [-0.3, -0.25) is 0 Å². The molecule has 0 amide bonds. The van der Waals surface area contributed by atoms with Gasteiger partial charge >= 0.3 is 5.95 Å². The summed E-state index contributed by atoms with van der Waals surface area (Å²) in [6.45, 7) is 15.6. The SMILES string of the molecule is C=C=C(O)OC(C)(C#CC(C)(CC(C)C)OCCO)CC(C)C. The lowest BCUT2D eigenvalue weighted by Crippen LogP contribution is -2.33. The van der Waals surface area contributed by atoms with Crippen molar-refractivity contribution in [2.24, 2.45) is 11.8 Å². The number of hydrogen-bond donors (Lipinski definition) is 2. The standard InChI is InChI=1S/C19H32O4/c1-8-17(21)23-19(7,14-16(4)5)10-9-18(6,13-15(2)3)22-12-11-20/h15-16,20-21H,1,11-14H2,2-7H3. The zero-order valence-electron chi connectivity index (χ0n) is 15.4. The van der Waals surface area contributed by atoms with Crippen LogP contribution in [0, 0.1) is 23.7 Å². The van der Waals surface area contributed by atoms with Gasteiger partial charge < -0.3 is 19.7 Å². The fourth-order valence-corrected chi connectivity index (χ4v) is 2.61. The molecule has 4 nitrogen and oxygen atoms in total. The van der Waals surface area contributed by atoms with Crippen molar-refractivity contribution < 1.29 is 19.7 Å². The van der Waals surface area contributed by atoms with Crippen molar-refractivity contribution in [1.29, 1.82) is 0 Å². The maximum atomic E-state index is 9.61. The molecule has 132 valence electrons. The zero-order chi connectivity index (χ0) is 18.1. The van der Waals surface area contributed by atoms with Gasteiger partial charge in [0.25, 0.3) is 0 Å². The van der Waals surface area contributed by atoms with Crippen molar-refractivity contribution >= 4 is 0 Å². The molecule has 0 heterocycles. The van der Waals surface area contributed by atoms with Crippen molar-refractivity contribution in [2.45, 2.75) is 65.6 Å². The molecule has 0 aromatic carbocycles. The van der Waals surface area contributed by atoms with Crippen LogP contribution in [-0.4, -0.2) is 34.6 Å². The van der Waals surface area contributed by atoms with E-state index in [1.165, 1.54) is 0 Å². The number of aliphatic hydroxyl groups excluding tert-OH is 2. The molecule has 0 spiro atoms. The Morgan fingerprint density at radius 1 is 1.04 bits per heavy atom. The Labute approximate surface area is 141 Å². The first-order chi connectivity index (χ1) is 10.6. The third-order valence-electron chi connectivity index (χ3n) is 3.17. The average Bonchev–Trinajstić information content (AvgIpc) is 2.41. The maximum Gasteiger partial charge on any atom is 0.326 e. The van der Waals surface area contributed by atoms with Gasteiger partial charge in [0, 0.05) is 6.42 Å². The quantitative estimate of drug-likeness (QED) is 0.385. The molecule has 0 aromatic rings. The van der Waals surface area contributed by atoms with Crippen LogP contribution < -0.4 is 0 Å². The summed E-state index contributed by atoms with van der Waals surface area (Å²) in [4.78, 5) is 0. The highest BCUT2D eigenvalue weighted by molar-refractivity contribution is 5.21. The third-order valence-corrected chi connectivity index (χ3v) is 3.17. The van der Waals surface area contributed by atoms with Crippen LogP contribution in [0.1, 0.15) is 54.4 Å². The molecule has 4 heteroatoms. The van der Waals surface area contributed by atoms with E-state index in [9.17, 15) is 5.11 Å². The van der Waals surface area contributed by atoms with Crippen LogP contribution in [0.4, 0.5) is 0 Å². The van der Waals surface area contributed by atoms with Gasteiger partial charge in [-0.25, -0.2) is 0 Å². The number of rotatable bonds is 9. The second-order valence-corrected chi connectivity index (χ2v) is 7.06. The molecule has 0 aliphatic rings. The second kappa shape index (κ2) is 9.67. The topological polar surface area (TPSA) is 58.9 Å². The molecule has 0 radical (unpaired) electrons. The maximum absolute atomic E-state index is 9.61. The predicted octanol–water partition coefficient (Wildman–Crippen LogP) is 3.81. The van der Waals surface area contributed by atoms with E-state index in [1.54, 1.807) is 0 Å². The van der Waals surface area contributed by atoms with Gasteiger partial charge in [-0.1, -0.05) is 39.5 Å². The zero-order valence-corrected chi connectivity index (χ0v) is 15.4. The molecule has 2 unspecified atom stereocenters. The normalized spacial score (nSPS) is 16.0. The van der Waals surface area contributed by atoms with Crippen LogP contribution in [0.5, 0.6) is 0 Å². The van der Waals surface area contributed by atoms with E-state index in [0.717, 1.165) is 6.42 Å². The van der Waals surface area contributed by atoms with Gasteiger partial charge in [0.15, 0.2) is 5.60 Å². The second-order valence-electron chi connectivity index (χ2n) is 7.06. The van der Waals surface area contributed by atoms with E-state index >= 15 is 0 Å². The van der Waals surface area contributed by atoms with Gasteiger partial charge in [-0.05, 0) is 44.4 Å². The smallest absolute Gasteiger partial charge is 0.326 e. The minimum absolute atomic E-state index is 0.0465. The van der Waals surface area contributed by atoms with Crippen LogP contribution in [0.25, 0.3) is 0 Å². The molecule has 0 aromatic heterocycles. The van der Waals surface area contributed by atoms with E-state index in [4.69, 9.17) is 14.6 Å². The molecule has 2 N–H and O–H groups in total. The molecular weight excluding hydrogens is 292 g/mol. The highest BCUT2D eigenvalue weighted by Crippen LogP contribution is 2.25. The number of aliphatic hydroxyl groups is 2. The highest BCUT2D eigenvalue weighted by Gasteiger charge is 2.29. The fourth-order valence-electron chi connectivity index (χ4n) is 2.61. The summed E-state index contributed by atoms with van der Waals surface area (Å²) in [6.07, 6.45) is 1.38. The first-order valence-corrected chi connectivity index (χ1v) is 8.13. The fraction of sp³-hybridized carbons (Fsp3) is 0.737. The van der Waals surface area contributed by atoms with E-state index in [-0.39, 0.29) is 19.2 Å². The van der Waals surface area contributed by atoms with E-state index in [1.807, 2.05) is 13.8 Å². The van der Waals surface area contributed by atoms with E-state index in [2.05, 4.69) is 51.8 Å². The van der Waals surface area contributed by atoms with Crippen LogP contribution in [-0.2, 0) is 9.47 Å². The first-order valence-electron chi connectivity index (χ1n) is 8.13. The lowest BCUT2D eigenvalue weighted by atomic mass is 9.90. The molecule has 0 aliphatic heterocycles. The Morgan fingerprint density at radius 2 is 1.52 bits per heavy atom. The minimum Gasteiger partial charge on any atom is -0.475 e. The first kappa shape index (κ1) is 21.6. The molecule has 0 rings (SSSR count). The van der Waals surface area contributed by atoms with E-state index in [0.29, 0.717) is 18.3 Å². The van der Waals surface area contributed by atoms with Crippen LogP contribution >= 0.6 is 0 Å². The van der Waals surface area contributed by atoms with Crippen LogP contribution in [0.2, 0.25) is 0 Å². The Balaban J connectivity index is 5.48. The van der Waals surface area contributed by atoms with Crippen molar-refractivity contribution in [3.8, 4) is 11.8 Å². The Hall–Kier alpha value is -1.40. The Morgan fingerprint density at radius 3 is 1.96 bits per heavy atom. The van der Waals surface area contributed by atoms with Gasteiger partial charge in [-0.2, -0.15) is 0 Å². The Kier molecular flexibility index (Phi) is 9.09. The van der Waals surface area contributed by atoms with Crippen molar-refractivity contribution in [3.63, 3.8) is 0 Å². The number of ether oxygens (including phenoxy) is 2. The van der Waals surface area contributed by atoms with Gasteiger partial charge in [0.2, 0.25) is 0 Å². The van der Waals surface area contributed by atoms with Crippen molar-refractivity contribution in [3.05, 3.63) is 18.3 Å². The molecule has 0 saturated carbocycles. The molecule has 0 saturated heterocycles. The highest BCUT2D eigenvalue weighted by atomic mass is 16.6. The molecule has 0 bridgehead atoms. The van der Waals surface area contributed by atoms with Crippen molar-refractivity contribution in [1.82, 2.24) is 0 Å². The lowest BCUT2D eigenvalue weighted by Gasteiger charge is -2.29. The van der Waals surface area contributed by atoms with Crippen LogP contribution in [0.3, 0.4) is 0 Å². The van der Waals surface area contributed by atoms with Gasteiger partial charge in [0.05, 0.1) is 13.2 Å². The summed E-state index contributed by atoms with van der Waals surface area (Å²) in [7, 11) is 0. The Bertz CT molecular complexity index is 465. The molecule has 23 heavy (non-hydrogen) atoms. The summed E-state index contributed by atoms with van der Waals surface area (Å²) in [6, 6.07) is 0. The van der Waals surface area contributed by atoms with Crippen molar-refractivity contribution in [2.75, 3.05) is 13.2 Å². The summed E-state index contributed by atoms with van der Waals surface area (Å²) in [5, 5.41) is 18.6. The largest absolute Gasteiger partial charge is 0.475 e. The summed E-state index contributed by atoms with van der Waals surface area (Å²) in [5.41, 5.74) is 0.793. The summed E-state index contributed by atoms with van der Waals surface area (Å²) >= 11 is 0. The average molecular weight is 324 g/mol. The lowest BCUT2D eigenvalue weighted by molar-refractivity contribution is -0.0232. The van der Waals surface area contributed by atoms with Gasteiger partial charge in [0.1, 0.15) is 5.60 Å². The van der Waals surface area contributed by atoms with Crippen LogP contribution in [0.15, 0.2) is 18.3 Å². The third kappa shape index (κ3) is 9.36. The summed E-state index contributed by atoms with van der Waals surface area (Å²) in [5.74, 6) is 6.65. The molecular formula is C19H32O4. The summed E-state index contributed by atoms with van der Waals surface area (Å²) < 4.78 is 11.3. The van der Waals surface area contributed by atoms with E-state index < -0.39 is 11.2 Å². The molecule has 0 aliphatic carbocycles. The molecule has 0 fully saturated rings. The minimum atomic E-state index is -0.857. The predicted molar refractivity (Wildman–Crippen MR) is 92.9 cm³/mol.